The van der Waals surface area contributed by atoms with Crippen LogP contribution in [0.2, 0.25) is 0 Å². The summed E-state index contributed by atoms with van der Waals surface area (Å²) in [6, 6.07) is 3.11. The van der Waals surface area contributed by atoms with Gasteiger partial charge in [-0.1, -0.05) is 0 Å². The SMILES string of the molecule is COc1cc(NC(=O)N2CCC(C(=O)O)CC2)cc(OC)c1Br. The fourth-order valence-corrected chi connectivity index (χ4v) is 3.03. The van der Waals surface area contributed by atoms with Crippen molar-refractivity contribution in [2.75, 3.05) is 32.6 Å². The first-order valence-electron chi connectivity index (χ1n) is 7.16. The second-order valence-corrected chi connectivity index (χ2v) is 6.02. The molecule has 1 heterocycles. The molecular formula is C15H19BrN2O5. The van der Waals surface area contributed by atoms with Crippen LogP contribution >= 0.6 is 15.9 Å². The zero-order valence-electron chi connectivity index (χ0n) is 13.0. The lowest BCUT2D eigenvalue weighted by molar-refractivity contribution is -0.143. The number of likely N-dealkylation sites (tertiary alicyclic amines) is 1. The lowest BCUT2D eigenvalue weighted by Crippen LogP contribution is -2.42. The third kappa shape index (κ3) is 4.07. The van der Waals surface area contributed by atoms with Crippen LogP contribution in [0.3, 0.4) is 0 Å². The fourth-order valence-electron chi connectivity index (χ4n) is 2.47. The molecule has 2 N–H and O–H groups in total. The van der Waals surface area contributed by atoms with E-state index >= 15 is 0 Å². The highest BCUT2D eigenvalue weighted by atomic mass is 79.9. The van der Waals surface area contributed by atoms with Crippen LogP contribution in [-0.2, 0) is 4.79 Å². The number of hydrogen-bond acceptors (Lipinski definition) is 4. The van der Waals surface area contributed by atoms with Crippen molar-refractivity contribution in [1.29, 1.82) is 0 Å². The molecule has 1 aliphatic heterocycles. The van der Waals surface area contributed by atoms with Crippen molar-refractivity contribution in [3.05, 3.63) is 16.6 Å². The van der Waals surface area contributed by atoms with Gasteiger partial charge in [0, 0.05) is 30.9 Å². The normalized spacial score (nSPS) is 15.2. The Balaban J connectivity index is 2.05. The highest BCUT2D eigenvalue weighted by Crippen LogP contribution is 2.37. The summed E-state index contributed by atoms with van der Waals surface area (Å²) >= 11 is 3.37. The Morgan fingerprint density at radius 2 is 1.74 bits per heavy atom. The molecule has 1 fully saturated rings. The van der Waals surface area contributed by atoms with Crippen LogP contribution < -0.4 is 14.8 Å². The molecule has 0 aromatic heterocycles. The number of aliphatic carboxylic acids is 1. The molecule has 1 aliphatic rings. The van der Waals surface area contributed by atoms with E-state index in [1.165, 1.54) is 14.2 Å². The molecule has 7 nitrogen and oxygen atoms in total. The number of urea groups is 1. The van der Waals surface area contributed by atoms with Crippen molar-refractivity contribution >= 4 is 33.6 Å². The molecule has 1 saturated heterocycles. The van der Waals surface area contributed by atoms with Gasteiger partial charge in [-0.3, -0.25) is 4.79 Å². The molecular weight excluding hydrogens is 368 g/mol. The van der Waals surface area contributed by atoms with Gasteiger partial charge in [-0.25, -0.2) is 4.79 Å². The summed E-state index contributed by atoms with van der Waals surface area (Å²) in [5.41, 5.74) is 0.548. The van der Waals surface area contributed by atoms with E-state index in [1.54, 1.807) is 17.0 Å². The summed E-state index contributed by atoms with van der Waals surface area (Å²) in [4.78, 5) is 24.9. The molecule has 2 amide bonds. The molecule has 2 rings (SSSR count). The van der Waals surface area contributed by atoms with Crippen LogP contribution in [0.4, 0.5) is 10.5 Å². The van der Waals surface area contributed by atoms with Crippen LogP contribution in [0, 0.1) is 5.92 Å². The minimum atomic E-state index is -0.799. The first-order chi connectivity index (χ1) is 11.0. The summed E-state index contributed by atoms with van der Waals surface area (Å²) in [6.07, 6.45) is 0.936. The van der Waals surface area contributed by atoms with Gasteiger partial charge in [-0.2, -0.15) is 0 Å². The number of rotatable bonds is 4. The highest BCUT2D eigenvalue weighted by molar-refractivity contribution is 9.10. The van der Waals surface area contributed by atoms with Crippen LogP contribution in [-0.4, -0.2) is 49.3 Å². The predicted octanol–water partition coefficient (Wildman–Crippen LogP) is 2.79. The van der Waals surface area contributed by atoms with Crippen molar-refractivity contribution in [2.24, 2.45) is 5.92 Å². The summed E-state index contributed by atoms with van der Waals surface area (Å²) in [5, 5.41) is 11.8. The van der Waals surface area contributed by atoms with E-state index in [0.29, 0.717) is 47.6 Å². The number of amides is 2. The second-order valence-electron chi connectivity index (χ2n) is 5.22. The number of ether oxygens (including phenoxy) is 2. The van der Waals surface area contributed by atoms with Crippen molar-refractivity contribution in [2.45, 2.75) is 12.8 Å². The molecule has 0 saturated carbocycles. The molecule has 0 atom stereocenters. The Morgan fingerprint density at radius 1 is 1.22 bits per heavy atom. The standard InChI is InChI=1S/C15H19BrN2O5/c1-22-11-7-10(8-12(23-2)13(11)16)17-15(21)18-5-3-9(4-6-18)14(19)20/h7-9H,3-6H2,1-2H3,(H,17,21)(H,19,20). The van der Waals surface area contributed by atoms with Gasteiger partial charge in [0.15, 0.2) is 0 Å². The summed E-state index contributed by atoms with van der Waals surface area (Å²) in [5.74, 6) is -0.0761. The molecule has 0 bridgehead atoms. The highest BCUT2D eigenvalue weighted by Gasteiger charge is 2.27. The van der Waals surface area contributed by atoms with Gasteiger partial charge in [-0.15, -0.1) is 0 Å². The molecule has 8 heteroatoms. The number of carboxylic acid groups (broad SMARTS) is 1. The van der Waals surface area contributed by atoms with Gasteiger partial charge in [-0.05, 0) is 28.8 Å². The molecule has 0 spiro atoms. The minimum absolute atomic E-state index is 0.264. The topological polar surface area (TPSA) is 88.1 Å². The largest absolute Gasteiger partial charge is 0.495 e. The summed E-state index contributed by atoms with van der Waals surface area (Å²) < 4.78 is 11.1. The maximum Gasteiger partial charge on any atom is 0.321 e. The zero-order valence-corrected chi connectivity index (χ0v) is 14.6. The van der Waals surface area contributed by atoms with Crippen molar-refractivity contribution in [1.82, 2.24) is 4.90 Å². The minimum Gasteiger partial charge on any atom is -0.495 e. The third-order valence-electron chi connectivity index (χ3n) is 3.83. The van der Waals surface area contributed by atoms with E-state index in [-0.39, 0.29) is 11.9 Å². The quantitative estimate of drug-likeness (QED) is 0.830. The number of carboxylic acids is 1. The maximum atomic E-state index is 12.3. The maximum absolute atomic E-state index is 12.3. The van der Waals surface area contributed by atoms with Crippen molar-refractivity contribution in [3.63, 3.8) is 0 Å². The van der Waals surface area contributed by atoms with Crippen molar-refractivity contribution in [3.8, 4) is 11.5 Å². The van der Waals surface area contributed by atoms with Gasteiger partial charge in [0.1, 0.15) is 16.0 Å². The molecule has 23 heavy (non-hydrogen) atoms. The van der Waals surface area contributed by atoms with E-state index in [2.05, 4.69) is 21.2 Å². The predicted molar refractivity (Wildman–Crippen MR) is 88.2 cm³/mol. The number of anilines is 1. The van der Waals surface area contributed by atoms with E-state index in [4.69, 9.17) is 14.6 Å². The molecule has 1 aromatic carbocycles. The number of carbonyl (C=O) groups is 2. The van der Waals surface area contributed by atoms with E-state index in [0.717, 1.165) is 0 Å². The molecule has 126 valence electrons. The Bertz CT molecular complexity index is 575. The fraction of sp³-hybridized carbons (Fsp3) is 0.467. The third-order valence-corrected chi connectivity index (χ3v) is 4.61. The van der Waals surface area contributed by atoms with E-state index in [1.807, 2.05) is 0 Å². The summed E-state index contributed by atoms with van der Waals surface area (Å²) in [7, 11) is 3.06. The van der Waals surface area contributed by atoms with E-state index < -0.39 is 5.97 Å². The number of hydrogen-bond donors (Lipinski definition) is 2. The Labute approximate surface area is 142 Å². The molecule has 1 aromatic rings. The smallest absolute Gasteiger partial charge is 0.321 e. The first-order valence-corrected chi connectivity index (χ1v) is 7.95. The lowest BCUT2D eigenvalue weighted by atomic mass is 9.97. The van der Waals surface area contributed by atoms with Gasteiger partial charge in [0.25, 0.3) is 0 Å². The summed E-state index contributed by atoms with van der Waals surface area (Å²) in [6.45, 7) is 0.848. The first kappa shape index (κ1) is 17.4. The second kappa shape index (κ2) is 7.54. The average molecular weight is 387 g/mol. The van der Waals surface area contributed by atoms with Crippen LogP contribution in [0.25, 0.3) is 0 Å². The number of carbonyl (C=O) groups excluding carboxylic acids is 1. The van der Waals surface area contributed by atoms with Gasteiger partial charge in [0.2, 0.25) is 0 Å². The average Bonchev–Trinajstić information content (AvgIpc) is 2.56. The van der Waals surface area contributed by atoms with E-state index in [9.17, 15) is 9.59 Å². The van der Waals surface area contributed by atoms with Crippen LogP contribution in [0.1, 0.15) is 12.8 Å². The van der Waals surface area contributed by atoms with Crippen molar-refractivity contribution < 1.29 is 24.2 Å². The number of nitrogens with zero attached hydrogens (tertiary/aromatic N) is 1. The number of benzene rings is 1. The Kier molecular flexibility index (Phi) is 5.70. The number of piperidine rings is 1. The molecule has 0 unspecified atom stereocenters. The lowest BCUT2D eigenvalue weighted by Gasteiger charge is -2.30. The number of halogens is 1. The number of methoxy groups -OCH3 is 2. The van der Waals surface area contributed by atoms with Gasteiger partial charge in [0.05, 0.1) is 20.1 Å². The molecule has 0 aliphatic carbocycles. The number of nitrogens with one attached hydrogen (secondary N) is 1. The Morgan fingerprint density at radius 3 is 2.17 bits per heavy atom. The van der Waals surface area contributed by atoms with Crippen LogP contribution in [0.15, 0.2) is 16.6 Å². The zero-order chi connectivity index (χ0) is 17.0. The molecule has 0 radical (unpaired) electrons. The van der Waals surface area contributed by atoms with Gasteiger partial charge < -0.3 is 24.8 Å². The van der Waals surface area contributed by atoms with Gasteiger partial charge >= 0.3 is 12.0 Å². The Hall–Kier alpha value is -1.96. The monoisotopic (exact) mass is 386 g/mol. The van der Waals surface area contributed by atoms with Crippen LogP contribution in [0.5, 0.6) is 11.5 Å².